The third kappa shape index (κ3) is 3.13. The Hall–Kier alpha value is 0.787. The molecule has 3 heterocycles. The second-order valence-electron chi connectivity index (χ2n) is 4.49. The Bertz CT molecular complexity index is 207. The van der Waals surface area contributed by atoms with E-state index in [1.54, 1.807) is 0 Å². The molecule has 0 aromatic carbocycles. The smallest absolute Gasteiger partial charge is 0.362 e. The van der Waals surface area contributed by atoms with Gasteiger partial charge in [0.15, 0.2) is 0 Å². The first-order chi connectivity index (χ1) is 6.97. The maximum Gasteiger partial charge on any atom is 0.573 e. The number of rotatable bonds is 0. The fourth-order valence-corrected chi connectivity index (χ4v) is 7.97. The van der Waals surface area contributed by atoms with Crippen LogP contribution >= 0.6 is 21.8 Å². The molecule has 4 nitrogen and oxygen atoms in total. The van der Waals surface area contributed by atoms with Crippen LogP contribution in [-0.2, 0) is 13.3 Å². The van der Waals surface area contributed by atoms with Gasteiger partial charge in [0.25, 0.3) is 0 Å². The molecule has 0 saturated carbocycles. The molecule has 3 aliphatic heterocycles. The Morgan fingerprint density at radius 2 is 1.27 bits per heavy atom. The molecule has 0 N–H and O–H groups in total. The molecule has 3 aliphatic rings. The summed E-state index contributed by atoms with van der Waals surface area (Å²) in [7, 11) is 0. The van der Waals surface area contributed by atoms with E-state index in [-0.39, 0.29) is 18.3 Å². The lowest BCUT2D eigenvalue weighted by Crippen LogP contribution is -2.58. The van der Waals surface area contributed by atoms with Crippen molar-refractivity contribution >= 4 is 28.1 Å². The number of hydrogen-bond acceptors (Lipinski definition) is 4. The van der Waals surface area contributed by atoms with Crippen molar-refractivity contribution in [1.29, 1.82) is 0 Å². The number of hydrogen-bond donors (Lipinski definition) is 0. The molecule has 6 heteroatoms. The first-order valence-electron chi connectivity index (χ1n) is 5.41. The molecule has 0 aliphatic carbocycles. The average molecular weight is 343 g/mol. The highest BCUT2D eigenvalue weighted by Crippen LogP contribution is 2.29. The molecular formula is C9H18INO3Si. The number of halogens is 1. The van der Waals surface area contributed by atoms with Gasteiger partial charge in [0, 0.05) is 19.6 Å². The van der Waals surface area contributed by atoms with Crippen molar-refractivity contribution < 1.29 is 13.3 Å². The Labute approximate surface area is 105 Å². The fourth-order valence-electron chi connectivity index (χ4n) is 2.23. The summed E-state index contributed by atoms with van der Waals surface area (Å²) in [5.74, 6) is 0. The molecule has 15 heavy (non-hydrogen) atoms. The Morgan fingerprint density at radius 3 is 1.60 bits per heavy atom. The van der Waals surface area contributed by atoms with E-state index in [4.69, 9.17) is 13.3 Å². The topological polar surface area (TPSA) is 30.9 Å². The normalized spacial score (nSPS) is 52.0. The van der Waals surface area contributed by atoms with Gasteiger partial charge in [-0.2, -0.15) is 0 Å². The minimum Gasteiger partial charge on any atom is -0.362 e. The third-order valence-electron chi connectivity index (χ3n) is 2.57. The third-order valence-corrected chi connectivity index (χ3v) is 6.91. The molecule has 0 radical (unpaired) electrons. The zero-order valence-electron chi connectivity index (χ0n) is 9.40. The highest BCUT2D eigenvalue weighted by Gasteiger charge is 2.47. The lowest BCUT2D eigenvalue weighted by molar-refractivity contribution is -0.0614. The molecule has 3 fully saturated rings. The number of fused-ring (bicyclic) bond motifs is 6. The van der Waals surface area contributed by atoms with Gasteiger partial charge in [-0.05, 0) is 42.6 Å². The maximum atomic E-state index is 5.93. The fraction of sp³-hybridized carbons (Fsp3) is 1.00. The van der Waals surface area contributed by atoms with Crippen molar-refractivity contribution in [3.63, 3.8) is 0 Å². The zero-order valence-corrected chi connectivity index (χ0v) is 12.6. The predicted octanol–water partition coefficient (Wildman–Crippen LogP) is 1.40. The van der Waals surface area contributed by atoms with Crippen molar-refractivity contribution in [2.75, 3.05) is 19.6 Å². The van der Waals surface area contributed by atoms with Crippen LogP contribution in [0.4, 0.5) is 0 Å². The summed E-state index contributed by atoms with van der Waals surface area (Å²) < 4.78 is 17.8. The average Bonchev–Trinajstić information content (AvgIpc) is 1.95. The van der Waals surface area contributed by atoms with Crippen LogP contribution in [0.25, 0.3) is 0 Å². The molecular weight excluding hydrogens is 325 g/mol. The van der Waals surface area contributed by atoms with Crippen LogP contribution in [-0.4, -0.2) is 49.1 Å². The first kappa shape index (κ1) is 12.2. The second-order valence-corrected chi connectivity index (χ2v) is 10.1. The monoisotopic (exact) mass is 343 g/mol. The SMILES string of the molecule is CC1CN2CC(C)O[Si](I)(O1)OC(C)C2. The van der Waals surface area contributed by atoms with Gasteiger partial charge in [-0.15, -0.1) is 0 Å². The lowest BCUT2D eigenvalue weighted by Gasteiger charge is -2.42. The molecule has 0 spiro atoms. The molecule has 3 unspecified atom stereocenters. The highest BCUT2D eigenvalue weighted by molar-refractivity contribution is 14.1. The zero-order chi connectivity index (χ0) is 11.1. The first-order valence-corrected chi connectivity index (χ1v) is 10.3. The molecule has 88 valence electrons. The predicted molar refractivity (Wildman–Crippen MR) is 67.9 cm³/mol. The molecule has 3 rings (SSSR count). The maximum absolute atomic E-state index is 5.93. The second kappa shape index (κ2) is 4.57. The summed E-state index contributed by atoms with van der Waals surface area (Å²) in [4.78, 5) is 2.36. The minimum atomic E-state index is -2.43. The summed E-state index contributed by atoms with van der Waals surface area (Å²) in [5.41, 5.74) is 0. The molecule has 0 aromatic heterocycles. The summed E-state index contributed by atoms with van der Waals surface area (Å²) in [5, 5.41) is 0. The van der Waals surface area contributed by atoms with Crippen molar-refractivity contribution in [2.24, 2.45) is 0 Å². The quantitative estimate of drug-likeness (QED) is 0.378. The van der Waals surface area contributed by atoms with Gasteiger partial charge in [-0.1, -0.05) is 0 Å². The Morgan fingerprint density at radius 1 is 0.933 bits per heavy atom. The molecule has 3 saturated heterocycles. The largest absolute Gasteiger partial charge is 0.573 e. The highest BCUT2D eigenvalue weighted by atomic mass is 127. The molecule has 0 aromatic rings. The molecule has 2 bridgehead atoms. The van der Waals surface area contributed by atoms with Crippen molar-refractivity contribution in [3.8, 4) is 0 Å². The summed E-state index contributed by atoms with van der Waals surface area (Å²) in [6.07, 6.45) is -1.82. The van der Waals surface area contributed by atoms with E-state index in [1.807, 2.05) is 0 Å². The van der Waals surface area contributed by atoms with Crippen LogP contribution in [0.2, 0.25) is 0 Å². The van der Waals surface area contributed by atoms with E-state index in [0.29, 0.717) is 0 Å². The van der Waals surface area contributed by atoms with Crippen molar-refractivity contribution in [1.82, 2.24) is 4.90 Å². The van der Waals surface area contributed by atoms with Gasteiger partial charge in [0.05, 0.1) is 18.3 Å². The van der Waals surface area contributed by atoms with Gasteiger partial charge in [-0.25, -0.2) is 0 Å². The Balaban J connectivity index is 2.20. The van der Waals surface area contributed by atoms with Crippen LogP contribution < -0.4 is 0 Å². The summed E-state index contributed by atoms with van der Waals surface area (Å²) in [6.45, 7) is 9.22. The summed E-state index contributed by atoms with van der Waals surface area (Å²) >= 11 is 2.26. The standard InChI is InChI=1S/C9H18INO3Si/c1-7-4-11-5-8(2)13-15(10,12-7)14-9(3)6-11/h7-9H,4-6H2,1-3H3. The minimum absolute atomic E-state index is 0.202. The van der Waals surface area contributed by atoms with Crippen molar-refractivity contribution in [3.05, 3.63) is 0 Å². The van der Waals surface area contributed by atoms with Gasteiger partial charge >= 0.3 is 6.30 Å². The number of nitrogens with zero attached hydrogens (tertiary/aromatic N) is 1. The van der Waals surface area contributed by atoms with E-state index < -0.39 is 6.30 Å². The Kier molecular flexibility index (Phi) is 3.74. The van der Waals surface area contributed by atoms with Crippen LogP contribution in [0.3, 0.4) is 0 Å². The van der Waals surface area contributed by atoms with Crippen LogP contribution in [0.5, 0.6) is 0 Å². The molecule has 3 atom stereocenters. The van der Waals surface area contributed by atoms with Gasteiger partial charge in [0.2, 0.25) is 0 Å². The van der Waals surface area contributed by atoms with E-state index >= 15 is 0 Å². The summed E-state index contributed by atoms with van der Waals surface area (Å²) in [6, 6.07) is 0. The molecule has 0 amide bonds. The van der Waals surface area contributed by atoms with E-state index in [2.05, 4.69) is 47.5 Å². The van der Waals surface area contributed by atoms with Gasteiger partial charge in [-0.3, -0.25) is 4.90 Å². The van der Waals surface area contributed by atoms with Crippen molar-refractivity contribution in [2.45, 2.75) is 39.1 Å². The lowest BCUT2D eigenvalue weighted by atomic mass is 10.2. The van der Waals surface area contributed by atoms with Crippen LogP contribution in [0, 0.1) is 0 Å². The van der Waals surface area contributed by atoms with Gasteiger partial charge in [0.1, 0.15) is 0 Å². The van der Waals surface area contributed by atoms with Gasteiger partial charge < -0.3 is 13.3 Å². The van der Waals surface area contributed by atoms with Crippen LogP contribution in [0.15, 0.2) is 0 Å². The van der Waals surface area contributed by atoms with E-state index in [0.717, 1.165) is 19.6 Å². The van der Waals surface area contributed by atoms with Crippen LogP contribution in [0.1, 0.15) is 20.8 Å². The van der Waals surface area contributed by atoms with E-state index in [9.17, 15) is 0 Å². The van der Waals surface area contributed by atoms with E-state index in [1.165, 1.54) is 0 Å².